The smallest absolute Gasteiger partial charge is 0.312 e. The van der Waals surface area contributed by atoms with Crippen molar-refractivity contribution in [2.75, 3.05) is 13.2 Å². The summed E-state index contributed by atoms with van der Waals surface area (Å²) in [6.07, 6.45) is 4.48. The molecule has 0 aromatic heterocycles. The summed E-state index contributed by atoms with van der Waals surface area (Å²) in [5.74, 6) is -0.311. The lowest BCUT2D eigenvalue weighted by molar-refractivity contribution is -0.503. The van der Waals surface area contributed by atoms with Gasteiger partial charge in [0.15, 0.2) is 0 Å². The average molecular weight is 257 g/mol. The van der Waals surface area contributed by atoms with Gasteiger partial charge in [0.1, 0.15) is 0 Å². The monoisotopic (exact) mass is 257 g/mol. The van der Waals surface area contributed by atoms with Crippen LogP contribution in [-0.2, 0) is 9.53 Å². The maximum Gasteiger partial charge on any atom is 0.312 e. The van der Waals surface area contributed by atoms with E-state index in [1.165, 1.54) is 0 Å². The molecule has 0 N–H and O–H groups in total. The van der Waals surface area contributed by atoms with E-state index in [9.17, 15) is 14.9 Å². The fraction of sp³-hybridized carbons (Fsp3) is 0.923. The van der Waals surface area contributed by atoms with E-state index in [0.29, 0.717) is 6.61 Å². The van der Waals surface area contributed by atoms with Gasteiger partial charge in [-0.05, 0) is 33.6 Å². The highest BCUT2D eigenvalue weighted by atomic mass is 16.6. The molecule has 0 heterocycles. The summed E-state index contributed by atoms with van der Waals surface area (Å²) in [4.78, 5) is 22.8. The molecule has 1 rings (SSSR count). The van der Waals surface area contributed by atoms with Crippen molar-refractivity contribution in [3.05, 3.63) is 10.1 Å². The first-order chi connectivity index (χ1) is 8.35. The van der Waals surface area contributed by atoms with Crippen molar-refractivity contribution in [1.29, 1.82) is 0 Å². The number of carbonyl (C=O) groups is 1. The van der Waals surface area contributed by atoms with E-state index in [1.807, 2.05) is 0 Å². The molecule has 5 nitrogen and oxygen atoms in total. The first-order valence-electron chi connectivity index (χ1n) is 6.65. The number of hydrogen-bond donors (Lipinski definition) is 0. The van der Waals surface area contributed by atoms with Crippen molar-refractivity contribution in [1.82, 2.24) is 0 Å². The Labute approximate surface area is 108 Å². The second-order valence-electron chi connectivity index (χ2n) is 5.68. The van der Waals surface area contributed by atoms with Crippen molar-refractivity contribution in [3.8, 4) is 0 Å². The zero-order valence-corrected chi connectivity index (χ0v) is 11.5. The van der Waals surface area contributed by atoms with E-state index in [1.54, 1.807) is 20.8 Å². The normalized spacial score (nSPS) is 19.3. The Kier molecular flexibility index (Phi) is 4.71. The highest BCUT2D eigenvalue weighted by Crippen LogP contribution is 2.50. The van der Waals surface area contributed by atoms with Gasteiger partial charge in [0, 0.05) is 4.92 Å². The van der Waals surface area contributed by atoms with Crippen LogP contribution in [0.3, 0.4) is 0 Å². The number of esters is 1. The Bertz CT molecular complexity index is 319. The van der Waals surface area contributed by atoms with Gasteiger partial charge < -0.3 is 4.74 Å². The van der Waals surface area contributed by atoms with Crippen molar-refractivity contribution >= 4 is 5.97 Å². The summed E-state index contributed by atoms with van der Waals surface area (Å²) in [6.45, 7) is 5.52. The van der Waals surface area contributed by atoms with Crippen LogP contribution in [0.2, 0.25) is 0 Å². The summed E-state index contributed by atoms with van der Waals surface area (Å²) < 4.78 is 5.10. The van der Waals surface area contributed by atoms with Crippen molar-refractivity contribution in [3.63, 3.8) is 0 Å². The lowest BCUT2D eigenvalue weighted by Gasteiger charge is -2.44. The van der Waals surface area contributed by atoms with E-state index in [2.05, 4.69) is 0 Å². The first kappa shape index (κ1) is 14.9. The lowest BCUT2D eigenvalue weighted by Crippen LogP contribution is -2.49. The van der Waals surface area contributed by atoms with Gasteiger partial charge in [0.2, 0.25) is 6.54 Å². The molecule has 0 amide bonds. The number of carbonyl (C=O) groups excluding carboxylic acids is 1. The molecule has 1 aliphatic rings. The maximum absolute atomic E-state index is 12.1. The summed E-state index contributed by atoms with van der Waals surface area (Å²) >= 11 is 0. The minimum atomic E-state index is -0.795. The molecule has 1 aliphatic carbocycles. The Morgan fingerprint density at radius 3 is 2.33 bits per heavy atom. The van der Waals surface area contributed by atoms with Gasteiger partial charge in [-0.1, -0.05) is 19.3 Å². The van der Waals surface area contributed by atoms with Gasteiger partial charge in [-0.2, -0.15) is 0 Å². The largest absolute Gasteiger partial charge is 0.466 e. The van der Waals surface area contributed by atoms with Crippen LogP contribution < -0.4 is 0 Å². The van der Waals surface area contributed by atoms with Gasteiger partial charge >= 0.3 is 5.97 Å². The molecule has 0 saturated heterocycles. The minimum Gasteiger partial charge on any atom is -0.466 e. The zero-order valence-electron chi connectivity index (χ0n) is 11.5. The molecule has 0 spiro atoms. The van der Waals surface area contributed by atoms with E-state index >= 15 is 0 Å². The molecule has 0 aliphatic heterocycles. The van der Waals surface area contributed by atoms with Gasteiger partial charge in [-0.15, -0.1) is 0 Å². The fourth-order valence-corrected chi connectivity index (χ4v) is 2.98. The molecule has 0 unspecified atom stereocenters. The number of rotatable bonds is 5. The van der Waals surface area contributed by atoms with Crippen LogP contribution in [-0.4, -0.2) is 24.0 Å². The molecule has 5 heteroatoms. The Morgan fingerprint density at radius 2 is 1.89 bits per heavy atom. The maximum atomic E-state index is 12.1. The van der Waals surface area contributed by atoms with Crippen LogP contribution >= 0.6 is 0 Å². The van der Waals surface area contributed by atoms with Crippen LogP contribution in [0.1, 0.15) is 52.9 Å². The Hall–Kier alpha value is -1.13. The molecule has 1 saturated carbocycles. The van der Waals surface area contributed by atoms with Crippen LogP contribution in [0, 0.1) is 20.9 Å². The fourth-order valence-electron chi connectivity index (χ4n) is 2.98. The van der Waals surface area contributed by atoms with Crippen molar-refractivity contribution in [2.45, 2.75) is 52.9 Å². The highest BCUT2D eigenvalue weighted by Gasteiger charge is 2.54. The average Bonchev–Trinajstić information content (AvgIpc) is 2.29. The van der Waals surface area contributed by atoms with Gasteiger partial charge in [-0.25, -0.2) is 0 Å². The molecule has 0 radical (unpaired) electrons. The summed E-state index contributed by atoms with van der Waals surface area (Å²) in [5.41, 5.74) is -1.35. The van der Waals surface area contributed by atoms with Gasteiger partial charge in [-0.3, -0.25) is 14.9 Å². The first-order valence-corrected chi connectivity index (χ1v) is 6.65. The predicted octanol–water partition coefficient (Wildman–Crippen LogP) is 2.80. The number of nitrogens with zero attached hydrogens (tertiary/aromatic N) is 1. The van der Waals surface area contributed by atoms with Crippen molar-refractivity contribution in [2.24, 2.45) is 10.8 Å². The predicted molar refractivity (Wildman–Crippen MR) is 67.8 cm³/mol. The van der Waals surface area contributed by atoms with E-state index in [0.717, 1.165) is 32.1 Å². The summed E-state index contributed by atoms with van der Waals surface area (Å²) in [6, 6.07) is 0. The molecule has 0 aromatic carbocycles. The van der Waals surface area contributed by atoms with Crippen molar-refractivity contribution < 1.29 is 14.5 Å². The molecular weight excluding hydrogens is 234 g/mol. The molecule has 1 fully saturated rings. The third kappa shape index (κ3) is 2.82. The number of hydrogen-bond acceptors (Lipinski definition) is 4. The molecule has 18 heavy (non-hydrogen) atoms. The third-order valence-electron chi connectivity index (χ3n) is 4.35. The topological polar surface area (TPSA) is 69.4 Å². The molecular formula is C13H23NO4. The third-order valence-corrected chi connectivity index (χ3v) is 4.35. The Balaban J connectivity index is 3.00. The number of ether oxygens (including phenoxy) is 1. The molecule has 0 bridgehead atoms. The van der Waals surface area contributed by atoms with E-state index in [-0.39, 0.29) is 17.4 Å². The Morgan fingerprint density at radius 1 is 1.33 bits per heavy atom. The minimum absolute atomic E-state index is 0.140. The van der Waals surface area contributed by atoms with Gasteiger partial charge in [0.05, 0.1) is 17.4 Å². The standard InChI is InChI=1S/C13H23NO4/c1-4-18-11(15)12(2,3)13(10-14(16)17)8-6-5-7-9-13/h4-10H2,1-3H3. The molecule has 0 aromatic rings. The second kappa shape index (κ2) is 5.67. The summed E-state index contributed by atoms with van der Waals surface area (Å²) in [7, 11) is 0. The highest BCUT2D eigenvalue weighted by molar-refractivity contribution is 5.77. The SMILES string of the molecule is CCOC(=O)C(C)(C)C1(C[N+](=O)[O-])CCCCC1. The van der Waals surface area contributed by atoms with E-state index in [4.69, 9.17) is 4.74 Å². The van der Waals surface area contributed by atoms with E-state index < -0.39 is 10.8 Å². The zero-order chi connectivity index (χ0) is 13.8. The van der Waals surface area contributed by atoms with Crippen LogP contribution in [0.25, 0.3) is 0 Å². The second-order valence-corrected chi connectivity index (χ2v) is 5.68. The van der Waals surface area contributed by atoms with Crippen LogP contribution in [0.5, 0.6) is 0 Å². The van der Waals surface area contributed by atoms with Crippen LogP contribution in [0.15, 0.2) is 0 Å². The lowest BCUT2D eigenvalue weighted by atomic mass is 9.58. The molecule has 0 atom stereocenters. The number of nitro groups is 1. The summed E-state index contributed by atoms with van der Waals surface area (Å²) in [5, 5.41) is 11.0. The van der Waals surface area contributed by atoms with Gasteiger partial charge in [0.25, 0.3) is 0 Å². The molecule has 104 valence electrons. The van der Waals surface area contributed by atoms with Crippen LogP contribution in [0.4, 0.5) is 0 Å². The quantitative estimate of drug-likeness (QED) is 0.431.